The van der Waals surface area contributed by atoms with Crippen LogP contribution in [0.25, 0.3) is 0 Å². The molecule has 1 aromatic heterocycles. The molecule has 1 amide bonds. The van der Waals surface area contributed by atoms with Crippen molar-refractivity contribution in [1.82, 2.24) is 5.32 Å². The predicted molar refractivity (Wildman–Crippen MR) is 71.9 cm³/mol. The van der Waals surface area contributed by atoms with E-state index in [1.165, 1.54) is 0 Å². The SMILES string of the molecule is CC(C)CC(CN)CC(=O)N[C@@H](C)c1ccco1. The average molecular weight is 252 g/mol. The van der Waals surface area contributed by atoms with Gasteiger partial charge in [0.1, 0.15) is 5.76 Å². The highest BCUT2D eigenvalue weighted by Gasteiger charge is 2.17. The molecule has 0 aliphatic heterocycles. The van der Waals surface area contributed by atoms with E-state index < -0.39 is 0 Å². The van der Waals surface area contributed by atoms with E-state index in [1.807, 2.05) is 19.1 Å². The maximum atomic E-state index is 11.9. The first-order valence-electron chi connectivity index (χ1n) is 6.55. The van der Waals surface area contributed by atoms with Crippen LogP contribution in [0.15, 0.2) is 22.8 Å². The molecule has 0 saturated heterocycles. The lowest BCUT2D eigenvalue weighted by Gasteiger charge is -2.18. The van der Waals surface area contributed by atoms with Gasteiger partial charge in [0, 0.05) is 6.42 Å². The molecule has 0 spiro atoms. The molecule has 0 fully saturated rings. The zero-order valence-corrected chi connectivity index (χ0v) is 11.5. The second kappa shape index (κ2) is 7.21. The topological polar surface area (TPSA) is 68.3 Å². The van der Waals surface area contributed by atoms with Gasteiger partial charge in [0.15, 0.2) is 0 Å². The number of furan rings is 1. The number of hydrogen-bond acceptors (Lipinski definition) is 3. The third kappa shape index (κ3) is 4.92. The summed E-state index contributed by atoms with van der Waals surface area (Å²) in [5.41, 5.74) is 5.70. The molecule has 4 nitrogen and oxygen atoms in total. The van der Waals surface area contributed by atoms with Crippen LogP contribution in [0, 0.1) is 11.8 Å². The van der Waals surface area contributed by atoms with Gasteiger partial charge < -0.3 is 15.5 Å². The van der Waals surface area contributed by atoms with Crippen molar-refractivity contribution in [2.24, 2.45) is 17.6 Å². The van der Waals surface area contributed by atoms with E-state index in [4.69, 9.17) is 10.2 Å². The maximum absolute atomic E-state index is 11.9. The van der Waals surface area contributed by atoms with Gasteiger partial charge in [0.2, 0.25) is 5.91 Å². The van der Waals surface area contributed by atoms with Crippen molar-refractivity contribution in [3.63, 3.8) is 0 Å². The van der Waals surface area contributed by atoms with Gasteiger partial charge in [-0.2, -0.15) is 0 Å². The Morgan fingerprint density at radius 3 is 2.67 bits per heavy atom. The highest BCUT2D eigenvalue weighted by molar-refractivity contribution is 5.76. The molecule has 0 aliphatic carbocycles. The molecule has 0 bridgehead atoms. The molecule has 18 heavy (non-hydrogen) atoms. The first kappa shape index (κ1) is 14.8. The van der Waals surface area contributed by atoms with Crippen LogP contribution in [0.4, 0.5) is 0 Å². The van der Waals surface area contributed by atoms with Crippen molar-refractivity contribution < 1.29 is 9.21 Å². The van der Waals surface area contributed by atoms with Gasteiger partial charge in [-0.3, -0.25) is 4.79 Å². The molecular formula is C14H24N2O2. The molecule has 4 heteroatoms. The Morgan fingerprint density at radius 1 is 1.44 bits per heavy atom. The number of carbonyl (C=O) groups excluding carboxylic acids is 1. The molecule has 1 heterocycles. The van der Waals surface area contributed by atoms with Crippen LogP contribution in [0.1, 0.15) is 45.4 Å². The van der Waals surface area contributed by atoms with E-state index in [2.05, 4.69) is 19.2 Å². The van der Waals surface area contributed by atoms with E-state index in [1.54, 1.807) is 6.26 Å². The van der Waals surface area contributed by atoms with E-state index in [0.29, 0.717) is 18.9 Å². The number of rotatable bonds is 7. The Hall–Kier alpha value is -1.29. The molecule has 102 valence electrons. The van der Waals surface area contributed by atoms with Crippen molar-refractivity contribution in [3.8, 4) is 0 Å². The largest absolute Gasteiger partial charge is 0.467 e. The Labute approximate surface area is 109 Å². The molecule has 0 radical (unpaired) electrons. The smallest absolute Gasteiger partial charge is 0.220 e. The summed E-state index contributed by atoms with van der Waals surface area (Å²) >= 11 is 0. The first-order valence-corrected chi connectivity index (χ1v) is 6.55. The van der Waals surface area contributed by atoms with E-state index in [9.17, 15) is 4.79 Å². The van der Waals surface area contributed by atoms with Crippen molar-refractivity contribution in [2.45, 2.75) is 39.7 Å². The van der Waals surface area contributed by atoms with Crippen molar-refractivity contribution >= 4 is 5.91 Å². The molecular weight excluding hydrogens is 228 g/mol. The zero-order chi connectivity index (χ0) is 13.5. The van der Waals surface area contributed by atoms with Crippen LogP contribution in [0.5, 0.6) is 0 Å². The summed E-state index contributed by atoms with van der Waals surface area (Å²) in [6.07, 6.45) is 3.08. The van der Waals surface area contributed by atoms with Crippen LogP contribution >= 0.6 is 0 Å². The summed E-state index contributed by atoms with van der Waals surface area (Å²) in [7, 11) is 0. The van der Waals surface area contributed by atoms with Gasteiger partial charge in [-0.05, 0) is 43.9 Å². The molecule has 1 aromatic rings. The van der Waals surface area contributed by atoms with Crippen LogP contribution in [-0.4, -0.2) is 12.5 Å². The fourth-order valence-corrected chi connectivity index (χ4v) is 2.10. The third-order valence-corrected chi connectivity index (χ3v) is 2.96. The third-order valence-electron chi connectivity index (χ3n) is 2.96. The van der Waals surface area contributed by atoms with Crippen LogP contribution in [0.2, 0.25) is 0 Å². The van der Waals surface area contributed by atoms with Crippen molar-refractivity contribution in [1.29, 1.82) is 0 Å². The van der Waals surface area contributed by atoms with Gasteiger partial charge >= 0.3 is 0 Å². The average Bonchev–Trinajstić information content (AvgIpc) is 2.80. The molecule has 0 aliphatic rings. The quantitative estimate of drug-likeness (QED) is 0.783. The number of nitrogens with two attached hydrogens (primary N) is 1. The number of hydrogen-bond donors (Lipinski definition) is 2. The van der Waals surface area contributed by atoms with Gasteiger partial charge in [-0.15, -0.1) is 0 Å². The molecule has 0 aromatic carbocycles. The Kier molecular flexibility index (Phi) is 5.92. The Morgan fingerprint density at radius 2 is 2.17 bits per heavy atom. The molecule has 3 N–H and O–H groups in total. The Bertz CT molecular complexity index is 347. The second-order valence-electron chi connectivity index (χ2n) is 5.24. The summed E-state index contributed by atoms with van der Waals surface area (Å²) in [4.78, 5) is 11.9. The minimum atomic E-state index is -0.0926. The summed E-state index contributed by atoms with van der Waals surface area (Å²) in [5, 5.41) is 2.93. The molecule has 1 rings (SSSR count). The Balaban J connectivity index is 2.40. The summed E-state index contributed by atoms with van der Waals surface area (Å²) in [6, 6.07) is 3.59. The lowest BCUT2D eigenvalue weighted by atomic mass is 9.94. The lowest BCUT2D eigenvalue weighted by Crippen LogP contribution is -2.30. The number of nitrogens with one attached hydrogen (secondary N) is 1. The maximum Gasteiger partial charge on any atom is 0.220 e. The fourth-order valence-electron chi connectivity index (χ4n) is 2.10. The van der Waals surface area contributed by atoms with Crippen LogP contribution in [-0.2, 0) is 4.79 Å². The summed E-state index contributed by atoms with van der Waals surface area (Å²) in [6.45, 7) is 6.76. The molecule has 0 saturated carbocycles. The van der Waals surface area contributed by atoms with Crippen LogP contribution in [0.3, 0.4) is 0 Å². The zero-order valence-electron chi connectivity index (χ0n) is 11.5. The van der Waals surface area contributed by atoms with Crippen LogP contribution < -0.4 is 11.1 Å². The van der Waals surface area contributed by atoms with Crippen molar-refractivity contribution in [2.75, 3.05) is 6.54 Å². The minimum absolute atomic E-state index is 0.0370. The van der Waals surface area contributed by atoms with Gasteiger partial charge in [0.05, 0.1) is 12.3 Å². The van der Waals surface area contributed by atoms with Crippen molar-refractivity contribution in [3.05, 3.63) is 24.2 Å². The van der Waals surface area contributed by atoms with E-state index in [-0.39, 0.29) is 17.9 Å². The highest BCUT2D eigenvalue weighted by Crippen LogP contribution is 2.16. The van der Waals surface area contributed by atoms with E-state index in [0.717, 1.165) is 12.2 Å². The number of amides is 1. The van der Waals surface area contributed by atoms with Gasteiger partial charge in [-0.25, -0.2) is 0 Å². The lowest BCUT2D eigenvalue weighted by molar-refractivity contribution is -0.122. The number of carbonyl (C=O) groups is 1. The normalized spacial score (nSPS) is 14.5. The summed E-state index contributed by atoms with van der Waals surface area (Å²) in [5.74, 6) is 1.63. The highest BCUT2D eigenvalue weighted by atomic mass is 16.3. The molecule has 2 atom stereocenters. The summed E-state index contributed by atoms with van der Waals surface area (Å²) < 4.78 is 5.25. The van der Waals surface area contributed by atoms with E-state index >= 15 is 0 Å². The first-order chi connectivity index (χ1) is 8.52. The standard InChI is InChI=1S/C14H24N2O2/c1-10(2)7-12(9-15)8-14(17)16-11(3)13-5-4-6-18-13/h4-6,10-12H,7-9,15H2,1-3H3,(H,16,17)/t11-,12?/m0/s1. The monoisotopic (exact) mass is 252 g/mol. The second-order valence-corrected chi connectivity index (χ2v) is 5.24. The van der Waals surface area contributed by atoms with Gasteiger partial charge in [0.25, 0.3) is 0 Å². The minimum Gasteiger partial charge on any atom is -0.467 e. The van der Waals surface area contributed by atoms with Gasteiger partial charge in [-0.1, -0.05) is 13.8 Å². The molecule has 1 unspecified atom stereocenters. The fraction of sp³-hybridized carbons (Fsp3) is 0.643. The predicted octanol–water partition coefficient (Wildman–Crippen LogP) is 2.47.